The third kappa shape index (κ3) is 3.29. The number of halogens is 1. The smallest absolute Gasteiger partial charge is 0.259 e. The van der Waals surface area contributed by atoms with Crippen LogP contribution in [-0.4, -0.2) is 16.0 Å². The fourth-order valence-corrected chi connectivity index (χ4v) is 2.96. The van der Waals surface area contributed by atoms with Crippen molar-refractivity contribution in [1.29, 1.82) is 0 Å². The number of carbonyl (C=O) groups is 1. The molecular weight excluding hydrogens is 345 g/mol. The number of nitrogens with one attached hydrogen (secondary N) is 1. The first-order valence-corrected chi connectivity index (χ1v) is 8.42. The van der Waals surface area contributed by atoms with Crippen molar-refractivity contribution in [3.8, 4) is 11.3 Å². The number of fused-ring (bicyclic) bond motifs is 1. The van der Waals surface area contributed by atoms with Crippen LogP contribution in [0.5, 0.6) is 0 Å². The maximum Gasteiger partial charge on any atom is 0.259 e. The third-order valence-corrected chi connectivity index (χ3v) is 4.28. The number of anilines is 1. The number of rotatable bonds is 3. The number of hydrogen-bond acceptors (Lipinski definition) is 4. The predicted molar refractivity (Wildman–Crippen MR) is 101 cm³/mol. The van der Waals surface area contributed by atoms with Gasteiger partial charge in [0.15, 0.2) is 0 Å². The van der Waals surface area contributed by atoms with Crippen LogP contribution in [0.2, 0.25) is 0 Å². The zero-order valence-corrected chi connectivity index (χ0v) is 14.8. The number of aryl methyl sites for hydroxylation is 2. The van der Waals surface area contributed by atoms with E-state index in [0.29, 0.717) is 33.6 Å². The Bertz CT molecular complexity index is 1150. The van der Waals surface area contributed by atoms with E-state index in [9.17, 15) is 9.18 Å². The Labute approximate surface area is 154 Å². The Morgan fingerprint density at radius 1 is 1.07 bits per heavy atom. The minimum absolute atomic E-state index is 0.267. The number of pyridine rings is 1. The standard InChI is InChI=1S/C21H16FN3O2/c1-12-4-3-5-16(10-12)23-20(26)17-11-18(14-6-8-15(22)9-7-14)24-21-19(17)13(2)25-27-21/h3-11H,1-2H3,(H,23,26). The van der Waals surface area contributed by atoms with Gasteiger partial charge in [0, 0.05) is 11.3 Å². The summed E-state index contributed by atoms with van der Waals surface area (Å²) < 4.78 is 18.5. The SMILES string of the molecule is Cc1cccc(NC(=O)c2cc(-c3ccc(F)cc3)nc3onc(C)c23)c1. The number of nitrogens with zero attached hydrogens (tertiary/aromatic N) is 2. The second-order valence-electron chi connectivity index (χ2n) is 6.33. The summed E-state index contributed by atoms with van der Waals surface area (Å²) >= 11 is 0. The first-order chi connectivity index (χ1) is 13.0. The van der Waals surface area contributed by atoms with Gasteiger partial charge in [-0.2, -0.15) is 0 Å². The maximum absolute atomic E-state index is 13.2. The van der Waals surface area contributed by atoms with Crippen molar-refractivity contribution in [1.82, 2.24) is 10.1 Å². The molecule has 5 nitrogen and oxygen atoms in total. The molecule has 0 unspecified atom stereocenters. The van der Waals surface area contributed by atoms with E-state index in [1.165, 1.54) is 12.1 Å². The molecule has 27 heavy (non-hydrogen) atoms. The number of hydrogen-bond donors (Lipinski definition) is 1. The van der Waals surface area contributed by atoms with Crippen LogP contribution in [0, 0.1) is 19.7 Å². The summed E-state index contributed by atoms with van der Waals surface area (Å²) in [6, 6.07) is 15.1. The quantitative estimate of drug-likeness (QED) is 0.564. The lowest BCUT2D eigenvalue weighted by atomic mass is 10.0. The van der Waals surface area contributed by atoms with E-state index in [-0.39, 0.29) is 17.4 Å². The molecule has 4 rings (SSSR count). The lowest BCUT2D eigenvalue weighted by Gasteiger charge is -2.09. The first kappa shape index (κ1) is 16.9. The molecule has 1 N–H and O–H groups in total. The third-order valence-electron chi connectivity index (χ3n) is 4.28. The molecule has 0 spiro atoms. The van der Waals surface area contributed by atoms with Gasteiger partial charge in [-0.1, -0.05) is 17.3 Å². The average molecular weight is 361 g/mol. The zero-order chi connectivity index (χ0) is 19.0. The van der Waals surface area contributed by atoms with E-state index in [0.717, 1.165) is 5.56 Å². The van der Waals surface area contributed by atoms with Crippen molar-refractivity contribution >= 4 is 22.7 Å². The molecule has 0 fully saturated rings. The van der Waals surface area contributed by atoms with Crippen molar-refractivity contribution in [2.24, 2.45) is 0 Å². The van der Waals surface area contributed by atoms with Crippen LogP contribution in [0.4, 0.5) is 10.1 Å². The van der Waals surface area contributed by atoms with E-state index >= 15 is 0 Å². The van der Waals surface area contributed by atoms with Gasteiger partial charge < -0.3 is 9.84 Å². The average Bonchev–Trinajstić information content (AvgIpc) is 3.03. The van der Waals surface area contributed by atoms with E-state index < -0.39 is 0 Å². The largest absolute Gasteiger partial charge is 0.335 e. The molecule has 4 aromatic rings. The number of benzene rings is 2. The van der Waals surface area contributed by atoms with Gasteiger partial charge in [0.2, 0.25) is 0 Å². The van der Waals surface area contributed by atoms with Crippen LogP contribution in [0.1, 0.15) is 21.6 Å². The number of amides is 1. The maximum atomic E-state index is 13.2. The van der Waals surface area contributed by atoms with Gasteiger partial charge in [0.1, 0.15) is 5.82 Å². The van der Waals surface area contributed by atoms with E-state index in [4.69, 9.17) is 4.52 Å². The van der Waals surface area contributed by atoms with Crippen molar-refractivity contribution < 1.29 is 13.7 Å². The Kier molecular flexibility index (Phi) is 4.16. The number of carbonyl (C=O) groups excluding carboxylic acids is 1. The molecule has 2 aromatic carbocycles. The van der Waals surface area contributed by atoms with Gasteiger partial charge in [-0.25, -0.2) is 9.37 Å². The molecule has 0 aliphatic rings. The van der Waals surface area contributed by atoms with Crippen molar-refractivity contribution in [3.63, 3.8) is 0 Å². The van der Waals surface area contributed by atoms with Crippen molar-refractivity contribution in [2.75, 3.05) is 5.32 Å². The monoisotopic (exact) mass is 361 g/mol. The molecule has 2 aromatic heterocycles. The van der Waals surface area contributed by atoms with Gasteiger partial charge in [0.25, 0.3) is 11.6 Å². The van der Waals surface area contributed by atoms with Crippen LogP contribution >= 0.6 is 0 Å². The molecular formula is C21H16FN3O2. The van der Waals surface area contributed by atoms with E-state index in [1.54, 1.807) is 25.1 Å². The Morgan fingerprint density at radius 3 is 2.59 bits per heavy atom. The molecule has 0 saturated carbocycles. The molecule has 1 amide bonds. The van der Waals surface area contributed by atoms with Crippen LogP contribution in [0.15, 0.2) is 59.1 Å². The van der Waals surface area contributed by atoms with Gasteiger partial charge in [-0.05, 0) is 61.9 Å². The summed E-state index contributed by atoms with van der Waals surface area (Å²) in [7, 11) is 0. The molecule has 0 bridgehead atoms. The molecule has 0 atom stereocenters. The summed E-state index contributed by atoms with van der Waals surface area (Å²) in [6.07, 6.45) is 0. The highest BCUT2D eigenvalue weighted by Gasteiger charge is 2.19. The zero-order valence-electron chi connectivity index (χ0n) is 14.8. The van der Waals surface area contributed by atoms with Gasteiger partial charge >= 0.3 is 0 Å². The van der Waals surface area contributed by atoms with Crippen LogP contribution < -0.4 is 5.32 Å². The van der Waals surface area contributed by atoms with Crippen LogP contribution in [0.25, 0.3) is 22.4 Å². The molecule has 0 radical (unpaired) electrons. The summed E-state index contributed by atoms with van der Waals surface area (Å²) in [5, 5.41) is 7.39. The Hall–Kier alpha value is -3.54. The lowest BCUT2D eigenvalue weighted by Crippen LogP contribution is -2.13. The first-order valence-electron chi connectivity index (χ1n) is 8.42. The fraction of sp³-hybridized carbons (Fsp3) is 0.0952. The predicted octanol–water partition coefficient (Wildman–Crippen LogP) is 4.90. The molecule has 0 aliphatic heterocycles. The molecule has 0 aliphatic carbocycles. The molecule has 0 saturated heterocycles. The summed E-state index contributed by atoms with van der Waals surface area (Å²) in [6.45, 7) is 3.71. The Balaban J connectivity index is 1.81. The van der Waals surface area contributed by atoms with Gasteiger partial charge in [-0.15, -0.1) is 0 Å². The minimum Gasteiger partial charge on any atom is -0.335 e. The van der Waals surface area contributed by atoms with E-state index in [2.05, 4.69) is 15.5 Å². The highest BCUT2D eigenvalue weighted by atomic mass is 19.1. The topological polar surface area (TPSA) is 68.0 Å². The summed E-state index contributed by atoms with van der Waals surface area (Å²) in [5.41, 5.74) is 4.18. The highest BCUT2D eigenvalue weighted by Crippen LogP contribution is 2.28. The normalized spacial score (nSPS) is 10.9. The van der Waals surface area contributed by atoms with Crippen molar-refractivity contribution in [2.45, 2.75) is 13.8 Å². The Morgan fingerprint density at radius 2 is 1.85 bits per heavy atom. The van der Waals surface area contributed by atoms with E-state index in [1.807, 2.05) is 31.2 Å². The second kappa shape index (κ2) is 6.64. The molecule has 134 valence electrons. The minimum atomic E-state index is -0.340. The second-order valence-corrected chi connectivity index (χ2v) is 6.33. The highest BCUT2D eigenvalue weighted by molar-refractivity contribution is 6.13. The van der Waals surface area contributed by atoms with Gasteiger partial charge in [0.05, 0.1) is 22.3 Å². The van der Waals surface area contributed by atoms with Crippen LogP contribution in [0.3, 0.4) is 0 Å². The molecule has 2 heterocycles. The van der Waals surface area contributed by atoms with Crippen LogP contribution in [-0.2, 0) is 0 Å². The summed E-state index contributed by atoms with van der Waals surface area (Å²) in [5.74, 6) is -0.629. The lowest BCUT2D eigenvalue weighted by molar-refractivity contribution is 0.102. The number of aromatic nitrogens is 2. The molecule has 6 heteroatoms. The summed E-state index contributed by atoms with van der Waals surface area (Å²) in [4.78, 5) is 17.4. The van der Waals surface area contributed by atoms with Crippen molar-refractivity contribution in [3.05, 3.63) is 77.2 Å². The van der Waals surface area contributed by atoms with Gasteiger partial charge in [-0.3, -0.25) is 4.79 Å². The fourth-order valence-electron chi connectivity index (χ4n) is 2.96.